The average molecular weight is 280 g/mol. The van der Waals surface area contributed by atoms with E-state index in [1.807, 2.05) is 19.1 Å². The van der Waals surface area contributed by atoms with Crippen LogP contribution in [0.4, 0.5) is 0 Å². The topological polar surface area (TPSA) is 30.0 Å². The summed E-state index contributed by atoms with van der Waals surface area (Å²) in [4.78, 5) is 16.3. The number of halogens is 2. The number of pyridine rings is 1. The number of hydrogen-bond acceptors (Lipinski definition) is 2. The summed E-state index contributed by atoms with van der Waals surface area (Å²) in [5.74, 6) is -0.0668. The van der Waals surface area contributed by atoms with E-state index in [1.54, 1.807) is 24.3 Å². The molecule has 92 valence electrons. The van der Waals surface area contributed by atoms with Crippen molar-refractivity contribution < 1.29 is 4.79 Å². The Morgan fingerprint density at radius 2 is 1.89 bits per heavy atom. The second-order valence-electron chi connectivity index (χ2n) is 3.98. The molecule has 0 N–H and O–H groups in total. The van der Waals surface area contributed by atoms with Crippen molar-refractivity contribution >= 4 is 29.0 Å². The summed E-state index contributed by atoms with van der Waals surface area (Å²) in [6, 6.07) is 10.6. The number of benzene rings is 1. The maximum Gasteiger partial charge on any atom is 0.185 e. The van der Waals surface area contributed by atoms with Crippen LogP contribution in [-0.4, -0.2) is 10.8 Å². The molecule has 0 amide bonds. The molecule has 0 aliphatic carbocycles. The lowest BCUT2D eigenvalue weighted by Crippen LogP contribution is -2.07. The number of carbonyl (C=O) groups excluding carboxylic acids is 1. The van der Waals surface area contributed by atoms with Gasteiger partial charge in [-0.05, 0) is 30.7 Å². The van der Waals surface area contributed by atoms with Gasteiger partial charge in [-0.15, -0.1) is 0 Å². The van der Waals surface area contributed by atoms with Crippen LogP contribution in [0.3, 0.4) is 0 Å². The molecule has 1 heterocycles. The van der Waals surface area contributed by atoms with Gasteiger partial charge in [-0.25, -0.2) is 0 Å². The van der Waals surface area contributed by atoms with Crippen molar-refractivity contribution in [3.8, 4) is 0 Å². The maximum atomic E-state index is 12.1. The molecule has 0 radical (unpaired) electrons. The first-order valence-corrected chi connectivity index (χ1v) is 6.23. The third-order valence-electron chi connectivity index (χ3n) is 2.56. The largest absolute Gasteiger partial charge is 0.292 e. The molecule has 2 rings (SSSR count). The quantitative estimate of drug-likeness (QED) is 0.791. The minimum Gasteiger partial charge on any atom is -0.292 e. The molecule has 4 heteroatoms. The van der Waals surface area contributed by atoms with E-state index in [0.717, 1.165) is 11.3 Å². The van der Waals surface area contributed by atoms with Gasteiger partial charge in [-0.3, -0.25) is 9.78 Å². The smallest absolute Gasteiger partial charge is 0.185 e. The van der Waals surface area contributed by atoms with E-state index in [1.165, 1.54) is 0 Å². The Hall–Kier alpha value is -1.38. The molecule has 0 fully saturated rings. The summed E-state index contributed by atoms with van der Waals surface area (Å²) in [5.41, 5.74) is 1.99. The van der Waals surface area contributed by atoms with Gasteiger partial charge in [0.2, 0.25) is 0 Å². The molecule has 0 atom stereocenters. The Kier molecular flexibility index (Phi) is 4.00. The molecule has 0 saturated heterocycles. The number of nitrogens with zero attached hydrogens (tertiary/aromatic N) is 1. The van der Waals surface area contributed by atoms with Crippen LogP contribution in [0.5, 0.6) is 0 Å². The van der Waals surface area contributed by atoms with Crippen LogP contribution in [0.2, 0.25) is 10.0 Å². The van der Waals surface area contributed by atoms with Gasteiger partial charge in [0, 0.05) is 12.1 Å². The van der Waals surface area contributed by atoms with Crippen molar-refractivity contribution in [1.82, 2.24) is 4.98 Å². The number of hydrogen-bond donors (Lipinski definition) is 0. The Morgan fingerprint density at radius 3 is 2.61 bits per heavy atom. The van der Waals surface area contributed by atoms with E-state index in [9.17, 15) is 4.79 Å². The first-order valence-electron chi connectivity index (χ1n) is 5.47. The maximum absolute atomic E-state index is 12.1. The van der Waals surface area contributed by atoms with Gasteiger partial charge in [0.25, 0.3) is 0 Å². The van der Waals surface area contributed by atoms with Crippen LogP contribution in [-0.2, 0) is 6.42 Å². The first kappa shape index (κ1) is 13.1. The summed E-state index contributed by atoms with van der Waals surface area (Å²) in [5, 5.41) is 0.888. The Morgan fingerprint density at radius 1 is 1.17 bits per heavy atom. The highest BCUT2D eigenvalue weighted by Crippen LogP contribution is 2.26. The zero-order valence-corrected chi connectivity index (χ0v) is 11.3. The molecule has 1 aromatic carbocycles. The molecule has 0 saturated carbocycles. The van der Waals surface area contributed by atoms with Crippen molar-refractivity contribution in [2.45, 2.75) is 13.3 Å². The number of Topliss-reactive ketones (excluding diaryl/α,β-unsaturated/α-hetero) is 1. The van der Waals surface area contributed by atoms with Gasteiger partial charge in [-0.2, -0.15) is 0 Å². The highest BCUT2D eigenvalue weighted by molar-refractivity contribution is 6.42. The summed E-state index contributed by atoms with van der Waals surface area (Å²) < 4.78 is 0. The van der Waals surface area contributed by atoms with Gasteiger partial charge in [-0.1, -0.05) is 41.4 Å². The monoisotopic (exact) mass is 279 g/mol. The van der Waals surface area contributed by atoms with Crippen LogP contribution < -0.4 is 0 Å². The lowest BCUT2D eigenvalue weighted by atomic mass is 10.1. The van der Waals surface area contributed by atoms with Crippen LogP contribution in [0.25, 0.3) is 0 Å². The van der Waals surface area contributed by atoms with Crippen molar-refractivity contribution in [3.05, 3.63) is 63.4 Å². The Balaban J connectivity index is 2.24. The molecular formula is C14H11Cl2NO. The molecule has 18 heavy (non-hydrogen) atoms. The normalized spacial score (nSPS) is 10.4. The molecule has 0 spiro atoms. The van der Waals surface area contributed by atoms with E-state index >= 15 is 0 Å². The SMILES string of the molecule is Cc1cccc(C(=O)Cc2cccc(Cl)c2Cl)n1. The van der Waals surface area contributed by atoms with E-state index in [-0.39, 0.29) is 12.2 Å². The van der Waals surface area contributed by atoms with Crippen LogP contribution in [0.1, 0.15) is 21.7 Å². The van der Waals surface area contributed by atoms with E-state index < -0.39 is 0 Å². The van der Waals surface area contributed by atoms with E-state index in [2.05, 4.69) is 4.98 Å². The summed E-state index contributed by atoms with van der Waals surface area (Å²) >= 11 is 12.0. The van der Waals surface area contributed by atoms with Gasteiger partial charge in [0.1, 0.15) is 5.69 Å². The molecule has 2 nitrogen and oxygen atoms in total. The Bertz CT molecular complexity index is 596. The molecule has 0 unspecified atom stereocenters. The third-order valence-corrected chi connectivity index (χ3v) is 3.41. The number of ketones is 1. The molecule has 0 aliphatic rings. The van der Waals surface area contributed by atoms with Gasteiger partial charge >= 0.3 is 0 Å². The predicted octanol–water partition coefficient (Wildman–Crippen LogP) is 4.12. The standard InChI is InChI=1S/C14H11Cl2NO/c1-9-4-2-7-12(17-9)13(18)8-10-5-3-6-11(15)14(10)16/h2-7H,8H2,1H3. The van der Waals surface area contributed by atoms with Crippen LogP contribution >= 0.6 is 23.2 Å². The fourth-order valence-corrected chi connectivity index (χ4v) is 2.03. The lowest BCUT2D eigenvalue weighted by molar-refractivity contribution is 0.0988. The molecule has 0 aliphatic heterocycles. The molecule has 2 aromatic rings. The van der Waals surface area contributed by atoms with E-state index in [0.29, 0.717) is 15.7 Å². The summed E-state index contributed by atoms with van der Waals surface area (Å²) in [6.07, 6.45) is 0.204. The van der Waals surface area contributed by atoms with Gasteiger partial charge < -0.3 is 0 Å². The summed E-state index contributed by atoms with van der Waals surface area (Å²) in [6.45, 7) is 1.85. The average Bonchev–Trinajstić information content (AvgIpc) is 2.35. The number of aryl methyl sites for hydroxylation is 1. The molecule has 1 aromatic heterocycles. The molecular weight excluding hydrogens is 269 g/mol. The lowest BCUT2D eigenvalue weighted by Gasteiger charge is -2.05. The van der Waals surface area contributed by atoms with Crippen LogP contribution in [0.15, 0.2) is 36.4 Å². The first-order chi connectivity index (χ1) is 8.58. The van der Waals surface area contributed by atoms with Gasteiger partial charge in [0.15, 0.2) is 5.78 Å². The predicted molar refractivity (Wildman–Crippen MR) is 73.5 cm³/mol. The van der Waals surface area contributed by atoms with Gasteiger partial charge in [0.05, 0.1) is 10.0 Å². The third kappa shape index (κ3) is 2.89. The minimum atomic E-state index is -0.0668. The van der Waals surface area contributed by atoms with Crippen molar-refractivity contribution in [2.24, 2.45) is 0 Å². The van der Waals surface area contributed by atoms with Crippen molar-refractivity contribution in [3.63, 3.8) is 0 Å². The number of aromatic nitrogens is 1. The van der Waals surface area contributed by atoms with Crippen molar-refractivity contribution in [2.75, 3.05) is 0 Å². The molecule has 0 bridgehead atoms. The summed E-state index contributed by atoms with van der Waals surface area (Å²) in [7, 11) is 0. The number of rotatable bonds is 3. The minimum absolute atomic E-state index is 0.0668. The Labute approximate surface area is 116 Å². The van der Waals surface area contributed by atoms with Crippen LogP contribution in [0, 0.1) is 6.92 Å². The number of carbonyl (C=O) groups is 1. The highest BCUT2D eigenvalue weighted by atomic mass is 35.5. The van der Waals surface area contributed by atoms with Crippen molar-refractivity contribution in [1.29, 1.82) is 0 Å². The second kappa shape index (κ2) is 5.51. The fourth-order valence-electron chi connectivity index (χ4n) is 1.65. The highest BCUT2D eigenvalue weighted by Gasteiger charge is 2.12. The fraction of sp³-hybridized carbons (Fsp3) is 0.143. The second-order valence-corrected chi connectivity index (χ2v) is 4.76. The van der Waals surface area contributed by atoms with E-state index in [4.69, 9.17) is 23.2 Å². The zero-order valence-electron chi connectivity index (χ0n) is 9.78. The zero-order chi connectivity index (χ0) is 13.1.